The lowest BCUT2D eigenvalue weighted by molar-refractivity contribution is 0.0692. The van der Waals surface area contributed by atoms with Gasteiger partial charge in [-0.15, -0.1) is 0 Å². The minimum absolute atomic E-state index is 0.0648. The Balaban J connectivity index is 1.49. The number of Topliss-reactive ketones (excluding diaryl/α,β-unsaturated/α-hetero) is 3. The number of carbonyl (C=O) groups excluding carboxylic acids is 3. The lowest BCUT2D eigenvalue weighted by Crippen LogP contribution is -2.18. The lowest BCUT2D eigenvalue weighted by atomic mass is 9.78. The summed E-state index contributed by atoms with van der Waals surface area (Å²) in [7, 11) is 0. The molecule has 0 heterocycles. The highest BCUT2D eigenvalue weighted by Crippen LogP contribution is 2.35. The van der Waals surface area contributed by atoms with Crippen molar-refractivity contribution >= 4 is 23.3 Å². The highest BCUT2D eigenvalue weighted by atomic mass is 16.5. The maximum atomic E-state index is 12.0. The first-order valence-electron chi connectivity index (χ1n) is 13.0. The number of carbonyl (C=O) groups is 4. The van der Waals surface area contributed by atoms with Crippen molar-refractivity contribution in [2.45, 2.75) is 40.0 Å². The van der Waals surface area contributed by atoms with Crippen molar-refractivity contribution in [2.75, 3.05) is 0 Å². The Labute approximate surface area is 238 Å². The highest BCUT2D eigenvalue weighted by molar-refractivity contribution is 6.07. The molecule has 7 heteroatoms. The fourth-order valence-corrected chi connectivity index (χ4v) is 4.57. The zero-order chi connectivity index (χ0) is 29.9. The van der Waals surface area contributed by atoms with Crippen molar-refractivity contribution in [3.63, 3.8) is 0 Å². The normalized spacial score (nSPS) is 11.0. The van der Waals surface area contributed by atoms with E-state index in [0.717, 1.165) is 11.1 Å². The summed E-state index contributed by atoms with van der Waals surface area (Å²) in [4.78, 5) is 47.1. The van der Waals surface area contributed by atoms with Gasteiger partial charge in [-0.25, -0.2) is 4.79 Å². The van der Waals surface area contributed by atoms with Gasteiger partial charge in [-0.3, -0.25) is 14.4 Å². The fourth-order valence-electron chi connectivity index (χ4n) is 4.57. The molecule has 4 aromatic carbocycles. The molecule has 0 unspecified atom stereocenters. The molecule has 0 aliphatic carbocycles. The van der Waals surface area contributed by atoms with E-state index in [1.807, 2.05) is 48.5 Å². The van der Waals surface area contributed by atoms with Crippen molar-refractivity contribution in [3.8, 4) is 23.0 Å². The Kier molecular flexibility index (Phi) is 8.19. The molecule has 0 aliphatic heterocycles. The summed E-state index contributed by atoms with van der Waals surface area (Å²) in [5, 5.41) is 9.31. The van der Waals surface area contributed by atoms with E-state index in [2.05, 4.69) is 13.8 Å². The maximum absolute atomic E-state index is 12.0. The molecule has 1 N–H and O–H groups in total. The summed E-state index contributed by atoms with van der Waals surface area (Å²) in [5.41, 5.74) is 2.46. The Morgan fingerprint density at radius 1 is 0.512 bits per heavy atom. The van der Waals surface area contributed by atoms with Crippen LogP contribution in [0.4, 0.5) is 0 Å². The van der Waals surface area contributed by atoms with E-state index in [1.165, 1.54) is 39.0 Å². The quantitative estimate of drug-likeness (QED) is 0.200. The van der Waals surface area contributed by atoms with Crippen LogP contribution in [-0.2, 0) is 5.41 Å². The zero-order valence-electron chi connectivity index (χ0n) is 23.5. The molecule has 0 aromatic heterocycles. The predicted octanol–water partition coefficient (Wildman–Crippen LogP) is 7.90. The molecule has 4 aromatic rings. The number of benzene rings is 4. The number of ether oxygens (including phenoxy) is 2. The molecule has 7 nitrogen and oxygen atoms in total. The third-order valence-electron chi connectivity index (χ3n) is 6.97. The first-order valence-corrected chi connectivity index (χ1v) is 13.0. The van der Waals surface area contributed by atoms with Crippen LogP contribution in [0.3, 0.4) is 0 Å². The first-order chi connectivity index (χ1) is 19.4. The zero-order valence-corrected chi connectivity index (χ0v) is 23.5. The molecule has 0 fully saturated rings. The number of hydrogen-bond acceptors (Lipinski definition) is 6. The van der Waals surface area contributed by atoms with Crippen LogP contribution >= 0.6 is 0 Å². The lowest BCUT2D eigenvalue weighted by Gasteiger charge is -2.26. The van der Waals surface area contributed by atoms with Gasteiger partial charge in [-0.2, -0.15) is 0 Å². The van der Waals surface area contributed by atoms with Gasteiger partial charge in [-0.05, 0) is 92.6 Å². The third kappa shape index (κ3) is 6.41. The number of aromatic carboxylic acids is 1. The molecule has 0 atom stereocenters. The number of hydrogen-bond donors (Lipinski definition) is 1. The van der Waals surface area contributed by atoms with Crippen LogP contribution in [0, 0.1) is 0 Å². The van der Waals surface area contributed by atoms with Crippen LogP contribution in [0.15, 0.2) is 84.9 Å². The van der Waals surface area contributed by atoms with E-state index in [1.54, 1.807) is 18.2 Å². The molecule has 208 valence electrons. The summed E-state index contributed by atoms with van der Waals surface area (Å²) in [6.45, 7) is 8.36. The van der Waals surface area contributed by atoms with Crippen LogP contribution in [0.25, 0.3) is 0 Å². The predicted molar refractivity (Wildman–Crippen MR) is 155 cm³/mol. The Morgan fingerprint density at radius 3 is 1.22 bits per heavy atom. The smallest absolute Gasteiger partial charge is 0.336 e. The van der Waals surface area contributed by atoms with Crippen LogP contribution in [0.5, 0.6) is 23.0 Å². The molecule has 0 saturated carbocycles. The first kappa shape index (κ1) is 29.0. The van der Waals surface area contributed by atoms with E-state index < -0.39 is 5.97 Å². The minimum atomic E-state index is -1.17. The summed E-state index contributed by atoms with van der Waals surface area (Å²) in [6, 6.07) is 24.4. The van der Waals surface area contributed by atoms with Crippen molar-refractivity contribution in [1.82, 2.24) is 0 Å². The van der Waals surface area contributed by atoms with Crippen molar-refractivity contribution < 1.29 is 33.8 Å². The molecule has 0 saturated heterocycles. The summed E-state index contributed by atoms with van der Waals surface area (Å²) < 4.78 is 11.9. The van der Waals surface area contributed by atoms with Gasteiger partial charge in [0.25, 0.3) is 0 Å². The van der Waals surface area contributed by atoms with Gasteiger partial charge in [0.1, 0.15) is 23.0 Å². The standard InChI is InChI=1S/C34H30O7/c1-20(35)29-16-14-27(18-31(29)21(2)36)40-25-10-6-23(7-11-25)34(4,5)24-8-12-26(13-9-24)41-28-15-17-30(33(38)39)32(19-28)22(3)37/h6-19H,1-5H3,(H,38,39). The topological polar surface area (TPSA) is 107 Å². The number of carboxylic acids is 1. The molecular weight excluding hydrogens is 520 g/mol. The van der Waals surface area contributed by atoms with Gasteiger partial charge in [0.15, 0.2) is 17.3 Å². The molecule has 0 spiro atoms. The highest BCUT2D eigenvalue weighted by Gasteiger charge is 2.23. The average Bonchev–Trinajstić information content (AvgIpc) is 2.93. The van der Waals surface area contributed by atoms with Gasteiger partial charge in [0.05, 0.1) is 5.56 Å². The summed E-state index contributed by atoms with van der Waals surface area (Å²) in [5.74, 6) is 0.0794. The van der Waals surface area contributed by atoms with Gasteiger partial charge in [0.2, 0.25) is 0 Å². The maximum Gasteiger partial charge on any atom is 0.336 e. The average molecular weight is 551 g/mol. The van der Waals surface area contributed by atoms with Crippen LogP contribution in [-0.4, -0.2) is 28.4 Å². The van der Waals surface area contributed by atoms with Gasteiger partial charge in [0, 0.05) is 22.1 Å². The molecule has 0 radical (unpaired) electrons. The Bertz CT molecular complexity index is 1520. The fraction of sp³-hybridized carbons (Fsp3) is 0.176. The second-order valence-electron chi connectivity index (χ2n) is 10.3. The van der Waals surface area contributed by atoms with E-state index in [9.17, 15) is 24.3 Å². The Morgan fingerprint density at radius 2 is 0.854 bits per heavy atom. The van der Waals surface area contributed by atoms with E-state index >= 15 is 0 Å². The molecule has 0 amide bonds. The van der Waals surface area contributed by atoms with Crippen molar-refractivity contribution in [2.24, 2.45) is 0 Å². The second-order valence-corrected chi connectivity index (χ2v) is 10.3. The molecule has 41 heavy (non-hydrogen) atoms. The number of rotatable bonds is 10. The monoisotopic (exact) mass is 550 g/mol. The molecule has 0 aliphatic rings. The van der Waals surface area contributed by atoms with Crippen LogP contribution < -0.4 is 9.47 Å². The number of carboxylic acid groups (broad SMARTS) is 1. The molecule has 0 bridgehead atoms. The number of ketones is 3. The van der Waals surface area contributed by atoms with E-state index in [0.29, 0.717) is 34.1 Å². The van der Waals surface area contributed by atoms with Gasteiger partial charge < -0.3 is 14.6 Å². The van der Waals surface area contributed by atoms with E-state index in [-0.39, 0.29) is 33.9 Å². The van der Waals surface area contributed by atoms with Crippen molar-refractivity contribution in [3.05, 3.63) is 118 Å². The summed E-state index contributed by atoms with van der Waals surface area (Å²) in [6.07, 6.45) is 0. The van der Waals surface area contributed by atoms with Crippen LogP contribution in [0.1, 0.15) is 87.2 Å². The third-order valence-corrected chi connectivity index (χ3v) is 6.97. The molecule has 4 rings (SSSR count). The molecular formula is C34H30O7. The Hall–Kier alpha value is -5.04. The van der Waals surface area contributed by atoms with Gasteiger partial charge >= 0.3 is 5.97 Å². The summed E-state index contributed by atoms with van der Waals surface area (Å²) >= 11 is 0. The second kappa shape index (κ2) is 11.6. The largest absolute Gasteiger partial charge is 0.478 e. The van der Waals surface area contributed by atoms with Crippen LogP contribution in [0.2, 0.25) is 0 Å². The van der Waals surface area contributed by atoms with E-state index in [4.69, 9.17) is 9.47 Å². The minimum Gasteiger partial charge on any atom is -0.478 e. The SMILES string of the molecule is CC(=O)c1ccc(Oc2ccc(C(C)(C)c3ccc(Oc4ccc(C(=O)O)c(C(C)=O)c4)cc3)cc2)cc1C(C)=O. The van der Waals surface area contributed by atoms with Crippen molar-refractivity contribution in [1.29, 1.82) is 0 Å². The van der Waals surface area contributed by atoms with Gasteiger partial charge in [-0.1, -0.05) is 38.1 Å².